The molecule has 2 rings (SSSR count). The lowest BCUT2D eigenvalue weighted by molar-refractivity contribution is 0.160. The summed E-state index contributed by atoms with van der Waals surface area (Å²) in [6.07, 6.45) is 14.2. The lowest BCUT2D eigenvalue weighted by atomic mass is 9.97. The van der Waals surface area contributed by atoms with Gasteiger partial charge in [-0.25, -0.2) is 0 Å². The summed E-state index contributed by atoms with van der Waals surface area (Å²) >= 11 is 0. The molecule has 1 aliphatic carbocycles. The van der Waals surface area contributed by atoms with Crippen LogP contribution in [0.2, 0.25) is 0 Å². The van der Waals surface area contributed by atoms with E-state index >= 15 is 0 Å². The summed E-state index contributed by atoms with van der Waals surface area (Å²) < 4.78 is 0. The van der Waals surface area contributed by atoms with E-state index in [1.54, 1.807) is 0 Å². The van der Waals surface area contributed by atoms with E-state index < -0.39 is 0 Å². The quantitative estimate of drug-likeness (QED) is 0.703. The molecule has 1 N–H and O–H groups in total. The van der Waals surface area contributed by atoms with Gasteiger partial charge in [-0.05, 0) is 57.5 Å². The van der Waals surface area contributed by atoms with Crippen LogP contribution in [0.3, 0.4) is 0 Å². The Hall–Kier alpha value is -0.0800. The van der Waals surface area contributed by atoms with Crippen LogP contribution in [0.5, 0.6) is 0 Å². The molecule has 3 atom stereocenters. The molecule has 0 aromatic carbocycles. The van der Waals surface area contributed by atoms with Crippen LogP contribution in [0.1, 0.15) is 78.1 Å². The molecule has 0 aromatic heterocycles. The predicted molar refractivity (Wildman–Crippen MR) is 88.2 cm³/mol. The fourth-order valence-corrected chi connectivity index (χ4v) is 4.11. The lowest BCUT2D eigenvalue weighted by Gasteiger charge is -2.33. The lowest BCUT2D eigenvalue weighted by Crippen LogP contribution is -2.43. The van der Waals surface area contributed by atoms with E-state index in [0.717, 1.165) is 18.0 Å². The molecule has 0 radical (unpaired) electrons. The molecule has 3 unspecified atom stereocenters. The Morgan fingerprint density at radius 3 is 2.60 bits per heavy atom. The van der Waals surface area contributed by atoms with Crippen molar-refractivity contribution in [3.8, 4) is 0 Å². The Labute approximate surface area is 126 Å². The van der Waals surface area contributed by atoms with Crippen LogP contribution in [0, 0.1) is 5.92 Å². The van der Waals surface area contributed by atoms with Gasteiger partial charge in [-0.1, -0.05) is 39.5 Å². The van der Waals surface area contributed by atoms with E-state index in [4.69, 9.17) is 0 Å². The smallest absolute Gasteiger partial charge is 0.0195 e. The highest BCUT2D eigenvalue weighted by molar-refractivity contribution is 4.83. The van der Waals surface area contributed by atoms with Gasteiger partial charge < -0.3 is 5.32 Å². The maximum atomic E-state index is 3.70. The van der Waals surface area contributed by atoms with Gasteiger partial charge in [-0.15, -0.1) is 0 Å². The van der Waals surface area contributed by atoms with Crippen molar-refractivity contribution in [2.45, 2.75) is 90.1 Å². The molecular formula is C18H36N2. The van der Waals surface area contributed by atoms with E-state index in [1.165, 1.54) is 83.8 Å². The van der Waals surface area contributed by atoms with Crippen LogP contribution in [-0.4, -0.2) is 36.6 Å². The molecule has 2 heteroatoms. The first-order valence-electron chi connectivity index (χ1n) is 9.30. The average molecular weight is 280 g/mol. The summed E-state index contributed by atoms with van der Waals surface area (Å²) in [6.45, 7) is 8.58. The summed E-state index contributed by atoms with van der Waals surface area (Å²) in [4.78, 5) is 2.85. The predicted octanol–water partition coefficient (Wildman–Crippen LogP) is 4.20. The van der Waals surface area contributed by atoms with Crippen molar-refractivity contribution < 1.29 is 0 Å². The maximum Gasteiger partial charge on any atom is 0.0195 e. The third-order valence-electron chi connectivity index (χ3n) is 5.57. The Morgan fingerprint density at radius 1 is 1.00 bits per heavy atom. The fourth-order valence-electron chi connectivity index (χ4n) is 4.11. The zero-order valence-electron chi connectivity index (χ0n) is 13.9. The van der Waals surface area contributed by atoms with Gasteiger partial charge in [0.1, 0.15) is 0 Å². The summed E-state index contributed by atoms with van der Waals surface area (Å²) in [7, 11) is 0. The highest BCUT2D eigenvalue weighted by Crippen LogP contribution is 2.28. The van der Waals surface area contributed by atoms with Crippen molar-refractivity contribution in [1.82, 2.24) is 10.2 Å². The molecule has 0 amide bonds. The third kappa shape index (κ3) is 5.04. The van der Waals surface area contributed by atoms with E-state index in [9.17, 15) is 0 Å². The van der Waals surface area contributed by atoms with E-state index in [1.807, 2.05) is 0 Å². The van der Waals surface area contributed by atoms with Crippen LogP contribution < -0.4 is 5.32 Å². The molecule has 1 heterocycles. The van der Waals surface area contributed by atoms with Crippen molar-refractivity contribution >= 4 is 0 Å². The Kier molecular flexibility index (Phi) is 7.37. The van der Waals surface area contributed by atoms with Gasteiger partial charge in [0.05, 0.1) is 0 Å². The van der Waals surface area contributed by atoms with E-state index in [2.05, 4.69) is 24.1 Å². The molecule has 2 fully saturated rings. The number of nitrogens with zero attached hydrogens (tertiary/aromatic N) is 1. The first-order valence-corrected chi connectivity index (χ1v) is 9.30. The number of hydrogen-bond acceptors (Lipinski definition) is 2. The van der Waals surface area contributed by atoms with Gasteiger partial charge >= 0.3 is 0 Å². The normalized spacial score (nSPS) is 31.6. The molecular weight excluding hydrogens is 244 g/mol. The van der Waals surface area contributed by atoms with Gasteiger partial charge in [0, 0.05) is 18.6 Å². The Balaban J connectivity index is 1.86. The molecule has 2 aliphatic rings. The molecule has 118 valence electrons. The van der Waals surface area contributed by atoms with Crippen LogP contribution in [0.15, 0.2) is 0 Å². The van der Waals surface area contributed by atoms with E-state index in [0.29, 0.717) is 0 Å². The molecule has 1 saturated carbocycles. The fraction of sp³-hybridized carbons (Fsp3) is 1.00. The second-order valence-electron chi connectivity index (χ2n) is 7.08. The minimum Gasteiger partial charge on any atom is -0.313 e. The van der Waals surface area contributed by atoms with Gasteiger partial charge in [0.2, 0.25) is 0 Å². The van der Waals surface area contributed by atoms with Crippen molar-refractivity contribution in [2.24, 2.45) is 5.92 Å². The molecule has 20 heavy (non-hydrogen) atoms. The highest BCUT2D eigenvalue weighted by Gasteiger charge is 2.25. The maximum absolute atomic E-state index is 3.70. The van der Waals surface area contributed by atoms with Crippen LogP contribution in [0.4, 0.5) is 0 Å². The van der Waals surface area contributed by atoms with Gasteiger partial charge in [0.15, 0.2) is 0 Å². The standard InChI is InChI=1S/C18H36N2/c1-3-5-14-20(15-17-9-7-13-19-17)18-10-6-8-16(4-2)11-12-18/h16-19H,3-15H2,1-2H3. The zero-order chi connectivity index (χ0) is 14.2. The number of rotatable bonds is 7. The summed E-state index contributed by atoms with van der Waals surface area (Å²) in [5.74, 6) is 1.01. The SMILES string of the molecule is CCCCN(CC1CCCN1)C1CCCC(CC)CC1. The van der Waals surface area contributed by atoms with E-state index in [-0.39, 0.29) is 0 Å². The van der Waals surface area contributed by atoms with Crippen LogP contribution in [0.25, 0.3) is 0 Å². The molecule has 0 bridgehead atoms. The van der Waals surface area contributed by atoms with Crippen molar-refractivity contribution in [2.75, 3.05) is 19.6 Å². The third-order valence-corrected chi connectivity index (χ3v) is 5.57. The largest absolute Gasteiger partial charge is 0.313 e. The van der Waals surface area contributed by atoms with Crippen LogP contribution in [-0.2, 0) is 0 Å². The minimum absolute atomic E-state index is 0.775. The number of unbranched alkanes of at least 4 members (excludes halogenated alkanes) is 1. The van der Waals surface area contributed by atoms with Crippen molar-refractivity contribution in [3.63, 3.8) is 0 Å². The molecule has 2 nitrogen and oxygen atoms in total. The van der Waals surface area contributed by atoms with Gasteiger partial charge in [-0.3, -0.25) is 4.90 Å². The molecule has 1 saturated heterocycles. The number of nitrogens with one attached hydrogen (secondary N) is 1. The van der Waals surface area contributed by atoms with Crippen molar-refractivity contribution in [3.05, 3.63) is 0 Å². The molecule has 1 aliphatic heterocycles. The summed E-state index contributed by atoms with van der Waals surface area (Å²) in [6, 6.07) is 1.65. The van der Waals surface area contributed by atoms with Crippen LogP contribution >= 0.6 is 0 Å². The van der Waals surface area contributed by atoms with Gasteiger partial charge in [0.25, 0.3) is 0 Å². The highest BCUT2D eigenvalue weighted by atomic mass is 15.2. The molecule has 0 spiro atoms. The van der Waals surface area contributed by atoms with Crippen molar-refractivity contribution in [1.29, 1.82) is 0 Å². The topological polar surface area (TPSA) is 15.3 Å². The summed E-state index contributed by atoms with van der Waals surface area (Å²) in [5, 5.41) is 3.70. The zero-order valence-corrected chi connectivity index (χ0v) is 13.9. The Bertz CT molecular complexity index is 248. The second-order valence-corrected chi connectivity index (χ2v) is 7.08. The first-order chi connectivity index (χ1) is 9.83. The number of hydrogen-bond donors (Lipinski definition) is 1. The average Bonchev–Trinajstić information content (AvgIpc) is 2.86. The second kappa shape index (κ2) is 9.04. The monoisotopic (exact) mass is 280 g/mol. The Morgan fingerprint density at radius 2 is 1.90 bits per heavy atom. The summed E-state index contributed by atoms with van der Waals surface area (Å²) in [5.41, 5.74) is 0. The van der Waals surface area contributed by atoms with Gasteiger partial charge in [-0.2, -0.15) is 0 Å². The molecule has 0 aromatic rings. The first kappa shape index (κ1) is 16.3. The minimum atomic E-state index is 0.775.